The topological polar surface area (TPSA) is 78.9 Å². The van der Waals surface area contributed by atoms with E-state index in [4.69, 9.17) is 14.2 Å². The molecule has 6 heteroatoms. The number of carbonyl (C=O) groups is 3. The van der Waals surface area contributed by atoms with E-state index >= 15 is 0 Å². The van der Waals surface area contributed by atoms with Crippen molar-refractivity contribution >= 4 is 17.9 Å². The lowest BCUT2D eigenvalue weighted by atomic mass is 10.1. The molecule has 0 N–H and O–H groups in total. The van der Waals surface area contributed by atoms with Crippen molar-refractivity contribution < 1.29 is 28.6 Å². The number of rotatable bonds is 54. The van der Waals surface area contributed by atoms with E-state index < -0.39 is 6.10 Å². The quantitative estimate of drug-likeness (QED) is 0.0261. The summed E-state index contributed by atoms with van der Waals surface area (Å²) >= 11 is 0. The molecular weight excluding hydrogens is 937 g/mol. The van der Waals surface area contributed by atoms with Gasteiger partial charge in [0.1, 0.15) is 13.2 Å². The Morgan fingerprint density at radius 2 is 0.513 bits per heavy atom. The molecule has 0 heterocycles. The van der Waals surface area contributed by atoms with Gasteiger partial charge in [-0.2, -0.15) is 0 Å². The second-order valence-electron chi connectivity index (χ2n) is 19.9. The molecular formula is C70H112O6. The third-order valence-electron chi connectivity index (χ3n) is 12.6. The SMILES string of the molecule is CC/C=C\C/C=C\C/C=C\C/C=C\C/C=C\C/C=C\C/C=C\C/C=C\CCCCCCCCC(=O)OCC(COC(=O)CCCCCCCCCCCC)OC(=O)CCCCCC/C=C\C/C=C\C/C=C\C/C=C\CC. The summed E-state index contributed by atoms with van der Waals surface area (Å²) in [6, 6.07) is 0. The van der Waals surface area contributed by atoms with Gasteiger partial charge in [-0.1, -0.05) is 263 Å². The van der Waals surface area contributed by atoms with Crippen LogP contribution in [0.15, 0.2) is 146 Å². The van der Waals surface area contributed by atoms with Crippen LogP contribution in [0.4, 0.5) is 0 Å². The van der Waals surface area contributed by atoms with Crippen LogP contribution >= 0.6 is 0 Å². The van der Waals surface area contributed by atoms with Gasteiger partial charge in [-0.05, 0) is 122 Å². The number of esters is 3. The monoisotopic (exact) mass is 1050 g/mol. The van der Waals surface area contributed by atoms with Gasteiger partial charge < -0.3 is 14.2 Å². The zero-order valence-corrected chi connectivity index (χ0v) is 49.0. The third-order valence-corrected chi connectivity index (χ3v) is 12.6. The number of allylic oxidation sites excluding steroid dienone is 24. The molecule has 0 saturated carbocycles. The van der Waals surface area contributed by atoms with Gasteiger partial charge in [0, 0.05) is 19.3 Å². The Labute approximate surface area is 467 Å². The van der Waals surface area contributed by atoms with Crippen molar-refractivity contribution in [2.24, 2.45) is 0 Å². The number of carbonyl (C=O) groups excluding carboxylic acids is 3. The molecule has 0 saturated heterocycles. The highest BCUT2D eigenvalue weighted by Gasteiger charge is 2.19. The van der Waals surface area contributed by atoms with Gasteiger partial charge in [-0.25, -0.2) is 0 Å². The Balaban J connectivity index is 4.32. The molecule has 0 aromatic rings. The van der Waals surface area contributed by atoms with Crippen LogP contribution in [0, 0.1) is 0 Å². The molecule has 428 valence electrons. The van der Waals surface area contributed by atoms with E-state index in [0.717, 1.165) is 161 Å². The van der Waals surface area contributed by atoms with Gasteiger partial charge in [-0.15, -0.1) is 0 Å². The van der Waals surface area contributed by atoms with Crippen LogP contribution in [-0.4, -0.2) is 37.2 Å². The first-order valence-corrected chi connectivity index (χ1v) is 30.8. The molecule has 0 aromatic heterocycles. The van der Waals surface area contributed by atoms with Crippen molar-refractivity contribution in [3.63, 3.8) is 0 Å². The number of ether oxygens (including phenoxy) is 3. The molecule has 6 nitrogen and oxygen atoms in total. The van der Waals surface area contributed by atoms with Gasteiger partial charge in [0.25, 0.3) is 0 Å². The molecule has 0 aliphatic carbocycles. The van der Waals surface area contributed by atoms with Crippen LogP contribution < -0.4 is 0 Å². The van der Waals surface area contributed by atoms with Gasteiger partial charge >= 0.3 is 17.9 Å². The molecule has 0 rings (SSSR count). The van der Waals surface area contributed by atoms with Crippen LogP contribution in [0.2, 0.25) is 0 Å². The number of hydrogen-bond donors (Lipinski definition) is 0. The molecule has 0 aromatic carbocycles. The van der Waals surface area contributed by atoms with Crippen LogP contribution in [0.5, 0.6) is 0 Å². The Morgan fingerprint density at radius 3 is 0.803 bits per heavy atom. The van der Waals surface area contributed by atoms with Crippen LogP contribution in [0.3, 0.4) is 0 Å². The summed E-state index contributed by atoms with van der Waals surface area (Å²) in [4.78, 5) is 38.1. The van der Waals surface area contributed by atoms with E-state index in [1.807, 2.05) is 0 Å². The van der Waals surface area contributed by atoms with Gasteiger partial charge in [0.05, 0.1) is 0 Å². The highest BCUT2D eigenvalue weighted by atomic mass is 16.6. The average molecular weight is 1050 g/mol. The maximum atomic E-state index is 12.9. The van der Waals surface area contributed by atoms with Crippen LogP contribution in [-0.2, 0) is 28.6 Å². The van der Waals surface area contributed by atoms with E-state index in [2.05, 4.69) is 167 Å². The molecule has 1 atom stereocenters. The smallest absolute Gasteiger partial charge is 0.306 e. The summed E-state index contributed by atoms with van der Waals surface area (Å²) in [7, 11) is 0. The van der Waals surface area contributed by atoms with E-state index in [1.165, 1.54) is 57.8 Å². The van der Waals surface area contributed by atoms with Crippen molar-refractivity contribution in [2.45, 2.75) is 264 Å². The molecule has 0 amide bonds. The number of unbranched alkanes of at least 4 members (excludes halogenated alkanes) is 19. The Hall–Kier alpha value is -4.71. The van der Waals surface area contributed by atoms with Gasteiger partial charge in [-0.3, -0.25) is 14.4 Å². The lowest BCUT2D eigenvalue weighted by Gasteiger charge is -2.18. The molecule has 76 heavy (non-hydrogen) atoms. The normalized spacial score (nSPS) is 13.1. The zero-order valence-electron chi connectivity index (χ0n) is 49.0. The fourth-order valence-electron chi connectivity index (χ4n) is 8.04. The van der Waals surface area contributed by atoms with Crippen molar-refractivity contribution in [3.05, 3.63) is 146 Å². The molecule has 0 aliphatic heterocycles. The summed E-state index contributed by atoms with van der Waals surface area (Å²) in [5.74, 6) is -0.940. The standard InChI is InChI=1S/C70H112O6/c1-4-7-10-13-16-19-22-24-26-28-29-30-31-32-33-34-35-36-37-38-39-40-41-43-44-46-48-51-54-57-60-63-69(72)75-66-67(65-74-68(71)62-59-56-53-50-21-18-15-12-9-6-3)76-70(73)64-61-58-55-52-49-47-45-42-27-25-23-20-17-14-11-8-5-2/h7-8,10-11,16-17,19-20,24-27,29-30,32-33,35-36,38-39,41,43,45,47,67H,4-6,9,12-15,18,21-23,28,31,34,37,40,42,44,46,48-66H2,1-3H3/b10-7-,11-8-,19-16-,20-17-,26-24-,27-25-,30-29-,33-32-,36-35-,39-38-,43-41-,47-45-. The molecule has 0 spiro atoms. The minimum absolute atomic E-state index is 0.0958. The second kappa shape index (κ2) is 62.8. The van der Waals surface area contributed by atoms with E-state index in [0.29, 0.717) is 19.3 Å². The minimum atomic E-state index is -0.801. The molecule has 1 unspecified atom stereocenters. The highest BCUT2D eigenvalue weighted by Crippen LogP contribution is 2.14. The summed E-state index contributed by atoms with van der Waals surface area (Å²) < 4.78 is 16.8. The predicted molar refractivity (Wildman–Crippen MR) is 329 cm³/mol. The van der Waals surface area contributed by atoms with E-state index in [9.17, 15) is 14.4 Å². The maximum Gasteiger partial charge on any atom is 0.306 e. The first-order valence-electron chi connectivity index (χ1n) is 30.8. The summed E-state index contributed by atoms with van der Waals surface area (Å²) in [6.07, 6.45) is 89.9. The Kier molecular flexibility index (Phi) is 58.9. The lowest BCUT2D eigenvalue weighted by molar-refractivity contribution is -0.167. The Bertz CT molecular complexity index is 1680. The molecule has 0 fully saturated rings. The van der Waals surface area contributed by atoms with E-state index in [-0.39, 0.29) is 31.1 Å². The summed E-state index contributed by atoms with van der Waals surface area (Å²) in [5.41, 5.74) is 0. The maximum absolute atomic E-state index is 12.9. The predicted octanol–water partition coefficient (Wildman–Crippen LogP) is 21.2. The van der Waals surface area contributed by atoms with Crippen molar-refractivity contribution in [2.75, 3.05) is 13.2 Å². The minimum Gasteiger partial charge on any atom is -0.462 e. The second-order valence-corrected chi connectivity index (χ2v) is 19.9. The Morgan fingerprint density at radius 1 is 0.276 bits per heavy atom. The molecule has 0 radical (unpaired) electrons. The first-order chi connectivity index (χ1) is 37.5. The average Bonchev–Trinajstić information content (AvgIpc) is 3.42. The van der Waals surface area contributed by atoms with Gasteiger partial charge in [0.2, 0.25) is 0 Å². The van der Waals surface area contributed by atoms with Gasteiger partial charge in [0.15, 0.2) is 6.10 Å². The van der Waals surface area contributed by atoms with Crippen LogP contribution in [0.25, 0.3) is 0 Å². The summed E-state index contributed by atoms with van der Waals surface area (Å²) in [6.45, 7) is 6.36. The zero-order chi connectivity index (χ0) is 55.0. The highest BCUT2D eigenvalue weighted by molar-refractivity contribution is 5.71. The molecule has 0 aliphatic rings. The summed E-state index contributed by atoms with van der Waals surface area (Å²) in [5, 5.41) is 0. The van der Waals surface area contributed by atoms with Crippen molar-refractivity contribution in [1.29, 1.82) is 0 Å². The fraction of sp³-hybridized carbons (Fsp3) is 0.614. The largest absolute Gasteiger partial charge is 0.462 e. The lowest BCUT2D eigenvalue weighted by Crippen LogP contribution is -2.30. The van der Waals surface area contributed by atoms with E-state index in [1.54, 1.807) is 0 Å². The van der Waals surface area contributed by atoms with Crippen LogP contribution in [0.1, 0.15) is 258 Å². The number of hydrogen-bond acceptors (Lipinski definition) is 6. The van der Waals surface area contributed by atoms with Crippen molar-refractivity contribution in [1.82, 2.24) is 0 Å². The fourth-order valence-corrected chi connectivity index (χ4v) is 8.04. The third kappa shape index (κ3) is 60.2. The first kappa shape index (κ1) is 71.3. The van der Waals surface area contributed by atoms with Crippen molar-refractivity contribution in [3.8, 4) is 0 Å². The molecule has 0 bridgehead atoms.